The van der Waals surface area contributed by atoms with E-state index < -0.39 is 0 Å². The maximum atomic E-state index is 5.46. The van der Waals surface area contributed by atoms with Crippen LogP contribution >= 0.6 is 0 Å². The Morgan fingerprint density at radius 2 is 2.22 bits per heavy atom. The Balaban J connectivity index is 2.19. The largest absolute Gasteiger partial charge is 0.481 e. The van der Waals surface area contributed by atoms with Gasteiger partial charge in [-0.3, -0.25) is 0 Å². The van der Waals surface area contributed by atoms with E-state index in [1.807, 2.05) is 0 Å². The molecule has 0 saturated heterocycles. The van der Waals surface area contributed by atoms with Gasteiger partial charge in [0.15, 0.2) is 0 Å². The summed E-state index contributed by atoms with van der Waals surface area (Å²) in [6, 6.07) is 1.70. The molecule has 0 aliphatic carbocycles. The number of nitrogens with zero attached hydrogens (tertiary/aromatic N) is 6. The van der Waals surface area contributed by atoms with Crippen LogP contribution in [0.5, 0.6) is 5.88 Å². The van der Waals surface area contributed by atoms with Crippen molar-refractivity contribution in [3.05, 3.63) is 12.4 Å². The average molecular weight is 249 g/mol. The van der Waals surface area contributed by atoms with Crippen LogP contribution in [0.25, 0.3) is 11.5 Å². The first-order valence-electron chi connectivity index (χ1n) is 5.68. The van der Waals surface area contributed by atoms with Gasteiger partial charge in [0, 0.05) is 12.6 Å². The van der Waals surface area contributed by atoms with Crippen molar-refractivity contribution >= 4 is 0 Å². The molecule has 0 aliphatic rings. The quantitative estimate of drug-likeness (QED) is 0.711. The van der Waals surface area contributed by atoms with Crippen LogP contribution < -0.4 is 10.5 Å². The second-order valence-corrected chi connectivity index (χ2v) is 3.67. The van der Waals surface area contributed by atoms with Crippen molar-refractivity contribution in [2.24, 2.45) is 5.73 Å². The average Bonchev–Trinajstić information content (AvgIpc) is 2.87. The van der Waals surface area contributed by atoms with Gasteiger partial charge in [0.25, 0.3) is 0 Å². The Bertz CT molecular complexity index is 498. The van der Waals surface area contributed by atoms with Crippen LogP contribution in [0.2, 0.25) is 0 Å². The Morgan fingerprint density at radius 3 is 3.00 bits per heavy atom. The number of methoxy groups -OCH3 is 1. The molecule has 2 N–H and O–H groups in total. The summed E-state index contributed by atoms with van der Waals surface area (Å²) < 4.78 is 6.75. The standard InChI is InChI=1S/C10H15N7O/c1-18-9-6-8(12-7-13-9)10-14-15-16-17(10)5-3-2-4-11/h6-7H,2-5,11H2,1H3. The lowest BCUT2D eigenvalue weighted by atomic mass is 10.3. The topological polar surface area (TPSA) is 105 Å². The maximum Gasteiger partial charge on any atom is 0.216 e. The summed E-state index contributed by atoms with van der Waals surface area (Å²) in [5.74, 6) is 1.09. The van der Waals surface area contributed by atoms with E-state index in [1.54, 1.807) is 17.9 Å². The lowest BCUT2D eigenvalue weighted by Crippen LogP contribution is -2.07. The molecule has 0 aliphatic heterocycles. The molecule has 0 radical (unpaired) electrons. The fourth-order valence-electron chi connectivity index (χ4n) is 1.52. The number of unbranched alkanes of at least 4 members (excludes halogenated alkanes) is 1. The monoisotopic (exact) mass is 249 g/mol. The minimum absolute atomic E-state index is 0.483. The van der Waals surface area contributed by atoms with Gasteiger partial charge in [-0.25, -0.2) is 14.6 Å². The van der Waals surface area contributed by atoms with E-state index in [0.29, 0.717) is 30.5 Å². The summed E-state index contributed by atoms with van der Waals surface area (Å²) in [6.07, 6.45) is 3.29. The van der Waals surface area contributed by atoms with Crippen molar-refractivity contribution in [3.8, 4) is 17.4 Å². The van der Waals surface area contributed by atoms with Gasteiger partial charge in [-0.1, -0.05) is 0 Å². The van der Waals surface area contributed by atoms with Crippen LogP contribution in [0.3, 0.4) is 0 Å². The lowest BCUT2D eigenvalue weighted by Gasteiger charge is -2.04. The first kappa shape index (κ1) is 12.4. The molecule has 2 aromatic rings. The van der Waals surface area contributed by atoms with Crippen molar-refractivity contribution in [1.82, 2.24) is 30.2 Å². The van der Waals surface area contributed by atoms with Crippen LogP contribution in [0.1, 0.15) is 12.8 Å². The molecule has 0 bridgehead atoms. The second-order valence-electron chi connectivity index (χ2n) is 3.67. The summed E-state index contributed by atoms with van der Waals surface area (Å²) in [6.45, 7) is 1.38. The van der Waals surface area contributed by atoms with E-state index >= 15 is 0 Å². The van der Waals surface area contributed by atoms with Crippen LogP contribution in [-0.4, -0.2) is 43.8 Å². The van der Waals surface area contributed by atoms with Crippen LogP contribution in [0, 0.1) is 0 Å². The highest BCUT2D eigenvalue weighted by atomic mass is 16.5. The number of nitrogens with two attached hydrogens (primary N) is 1. The molecule has 96 valence electrons. The van der Waals surface area contributed by atoms with Crippen molar-refractivity contribution in [2.45, 2.75) is 19.4 Å². The molecule has 2 rings (SSSR count). The first-order chi connectivity index (χ1) is 8.85. The predicted molar refractivity (Wildman–Crippen MR) is 63.7 cm³/mol. The zero-order chi connectivity index (χ0) is 12.8. The molecule has 8 heteroatoms. The number of hydrogen-bond acceptors (Lipinski definition) is 7. The fourth-order valence-corrected chi connectivity index (χ4v) is 1.52. The Morgan fingerprint density at radius 1 is 1.33 bits per heavy atom. The zero-order valence-corrected chi connectivity index (χ0v) is 10.2. The fraction of sp³-hybridized carbons (Fsp3) is 0.500. The molecule has 0 fully saturated rings. The van der Waals surface area contributed by atoms with Crippen LogP contribution in [0.15, 0.2) is 12.4 Å². The van der Waals surface area contributed by atoms with Gasteiger partial charge >= 0.3 is 0 Å². The first-order valence-corrected chi connectivity index (χ1v) is 5.68. The van der Waals surface area contributed by atoms with Gasteiger partial charge in [0.2, 0.25) is 11.7 Å². The Kier molecular flexibility index (Phi) is 4.13. The molecule has 0 aromatic carbocycles. The number of rotatable bonds is 6. The number of hydrogen-bond donors (Lipinski definition) is 1. The molecule has 2 heterocycles. The van der Waals surface area contributed by atoms with Gasteiger partial charge in [0.05, 0.1) is 7.11 Å². The van der Waals surface area contributed by atoms with Crippen molar-refractivity contribution in [3.63, 3.8) is 0 Å². The molecular formula is C10H15N7O. The summed E-state index contributed by atoms with van der Waals surface area (Å²) in [4.78, 5) is 8.08. The van der Waals surface area contributed by atoms with E-state index in [0.717, 1.165) is 12.8 Å². The van der Waals surface area contributed by atoms with E-state index in [2.05, 4.69) is 25.5 Å². The Hall–Kier alpha value is -2.09. The highest BCUT2D eigenvalue weighted by Crippen LogP contribution is 2.16. The summed E-state index contributed by atoms with van der Waals surface area (Å²) in [7, 11) is 1.55. The molecule has 2 aromatic heterocycles. The second kappa shape index (κ2) is 6.01. The number of ether oxygens (including phenoxy) is 1. The lowest BCUT2D eigenvalue weighted by molar-refractivity contribution is 0.397. The van der Waals surface area contributed by atoms with Crippen molar-refractivity contribution in [2.75, 3.05) is 13.7 Å². The zero-order valence-electron chi connectivity index (χ0n) is 10.2. The minimum atomic E-state index is 0.483. The normalized spacial score (nSPS) is 10.6. The third-order valence-corrected chi connectivity index (χ3v) is 2.44. The third-order valence-electron chi connectivity index (χ3n) is 2.44. The Labute approximate surface area is 104 Å². The van der Waals surface area contributed by atoms with Gasteiger partial charge in [-0.2, -0.15) is 0 Å². The number of aromatic nitrogens is 6. The highest BCUT2D eigenvalue weighted by Gasteiger charge is 2.11. The van der Waals surface area contributed by atoms with Crippen LogP contribution in [-0.2, 0) is 6.54 Å². The number of tetrazole rings is 1. The van der Waals surface area contributed by atoms with Gasteiger partial charge in [-0.05, 0) is 29.8 Å². The molecule has 8 nitrogen and oxygen atoms in total. The van der Waals surface area contributed by atoms with E-state index in [-0.39, 0.29) is 0 Å². The van der Waals surface area contributed by atoms with Crippen molar-refractivity contribution < 1.29 is 4.74 Å². The van der Waals surface area contributed by atoms with E-state index in [9.17, 15) is 0 Å². The van der Waals surface area contributed by atoms with E-state index in [1.165, 1.54) is 6.33 Å². The summed E-state index contributed by atoms with van der Waals surface area (Å²) in [5, 5.41) is 11.6. The molecule has 0 atom stereocenters. The molecular weight excluding hydrogens is 234 g/mol. The molecule has 0 unspecified atom stereocenters. The smallest absolute Gasteiger partial charge is 0.216 e. The third kappa shape index (κ3) is 2.77. The highest BCUT2D eigenvalue weighted by molar-refractivity contribution is 5.49. The molecule has 18 heavy (non-hydrogen) atoms. The van der Waals surface area contributed by atoms with Crippen molar-refractivity contribution in [1.29, 1.82) is 0 Å². The van der Waals surface area contributed by atoms with Gasteiger partial charge in [0.1, 0.15) is 12.0 Å². The molecule has 0 amide bonds. The van der Waals surface area contributed by atoms with Crippen LogP contribution in [0.4, 0.5) is 0 Å². The van der Waals surface area contributed by atoms with E-state index in [4.69, 9.17) is 10.5 Å². The van der Waals surface area contributed by atoms with Gasteiger partial charge in [-0.15, -0.1) is 5.10 Å². The molecule has 0 spiro atoms. The minimum Gasteiger partial charge on any atom is -0.481 e. The summed E-state index contributed by atoms with van der Waals surface area (Å²) in [5.41, 5.74) is 6.10. The van der Waals surface area contributed by atoms with Gasteiger partial charge < -0.3 is 10.5 Å². The SMILES string of the molecule is COc1cc(-c2nnnn2CCCCN)ncn1. The predicted octanol–water partition coefficient (Wildman–Crippen LogP) is -0.122. The number of aryl methyl sites for hydroxylation is 1. The maximum absolute atomic E-state index is 5.46. The summed E-state index contributed by atoms with van der Waals surface area (Å²) >= 11 is 0. The molecule has 0 saturated carbocycles.